The Kier molecular flexibility index (Phi) is 2.15. The third-order valence-electron chi connectivity index (χ3n) is 2.24. The van der Waals surface area contributed by atoms with Gasteiger partial charge in [-0.2, -0.15) is 0 Å². The predicted octanol–water partition coefficient (Wildman–Crippen LogP) is 1.23. The van der Waals surface area contributed by atoms with E-state index in [0.29, 0.717) is 18.1 Å². The van der Waals surface area contributed by atoms with Crippen LogP contribution in [0.4, 0.5) is 0 Å². The SMILES string of the molecule is IC[C@@H]1C[C@H]2COC[C@H]2O1. The number of fused-ring (bicyclic) bond motifs is 1. The van der Waals surface area contributed by atoms with Crippen molar-refractivity contribution in [2.45, 2.75) is 18.6 Å². The van der Waals surface area contributed by atoms with Crippen LogP contribution in [-0.2, 0) is 9.47 Å². The van der Waals surface area contributed by atoms with Gasteiger partial charge < -0.3 is 9.47 Å². The van der Waals surface area contributed by atoms with E-state index in [2.05, 4.69) is 22.6 Å². The highest BCUT2D eigenvalue weighted by molar-refractivity contribution is 14.1. The molecule has 10 heavy (non-hydrogen) atoms. The first kappa shape index (κ1) is 7.31. The molecule has 2 saturated heterocycles. The summed E-state index contributed by atoms with van der Waals surface area (Å²) in [5.74, 6) is 0.708. The van der Waals surface area contributed by atoms with Crippen molar-refractivity contribution in [3.63, 3.8) is 0 Å². The Bertz CT molecular complexity index is 117. The first-order valence-electron chi connectivity index (χ1n) is 3.69. The zero-order valence-electron chi connectivity index (χ0n) is 5.75. The van der Waals surface area contributed by atoms with Crippen molar-refractivity contribution in [3.05, 3.63) is 0 Å². The first-order valence-corrected chi connectivity index (χ1v) is 5.22. The molecule has 0 aliphatic carbocycles. The third kappa shape index (κ3) is 1.19. The lowest BCUT2D eigenvalue weighted by atomic mass is 10.0. The van der Waals surface area contributed by atoms with E-state index in [4.69, 9.17) is 9.47 Å². The summed E-state index contributed by atoms with van der Waals surface area (Å²) >= 11 is 2.38. The Morgan fingerprint density at radius 1 is 1.40 bits per heavy atom. The van der Waals surface area contributed by atoms with Crippen LogP contribution in [0.2, 0.25) is 0 Å². The van der Waals surface area contributed by atoms with Gasteiger partial charge in [-0.3, -0.25) is 0 Å². The molecule has 2 aliphatic heterocycles. The Labute approximate surface area is 74.4 Å². The van der Waals surface area contributed by atoms with Gasteiger partial charge in [-0.05, 0) is 6.42 Å². The molecule has 2 aliphatic rings. The van der Waals surface area contributed by atoms with Gasteiger partial charge in [-0.15, -0.1) is 0 Å². The van der Waals surface area contributed by atoms with Gasteiger partial charge in [0, 0.05) is 10.3 Å². The second kappa shape index (κ2) is 2.95. The van der Waals surface area contributed by atoms with Gasteiger partial charge >= 0.3 is 0 Å². The molecule has 2 fully saturated rings. The van der Waals surface area contributed by atoms with Crippen LogP contribution in [0.5, 0.6) is 0 Å². The first-order chi connectivity index (χ1) is 4.90. The normalized spacial score (nSPS) is 45.9. The molecule has 0 N–H and O–H groups in total. The fourth-order valence-electron chi connectivity index (χ4n) is 1.69. The second-order valence-electron chi connectivity index (χ2n) is 2.98. The highest BCUT2D eigenvalue weighted by Crippen LogP contribution is 2.31. The maximum atomic E-state index is 5.70. The van der Waals surface area contributed by atoms with Crippen molar-refractivity contribution < 1.29 is 9.47 Å². The topological polar surface area (TPSA) is 18.5 Å². The molecule has 0 saturated carbocycles. The van der Waals surface area contributed by atoms with Gasteiger partial charge in [-0.1, -0.05) is 22.6 Å². The molecule has 0 bridgehead atoms. The van der Waals surface area contributed by atoms with Crippen molar-refractivity contribution in [2.24, 2.45) is 5.92 Å². The smallest absolute Gasteiger partial charge is 0.0863 e. The molecule has 0 amide bonds. The van der Waals surface area contributed by atoms with Gasteiger partial charge in [0.2, 0.25) is 0 Å². The van der Waals surface area contributed by atoms with Crippen LogP contribution in [0.3, 0.4) is 0 Å². The maximum absolute atomic E-state index is 5.70. The predicted molar refractivity (Wildman–Crippen MR) is 46.5 cm³/mol. The quantitative estimate of drug-likeness (QED) is 0.517. The molecule has 0 aromatic rings. The number of rotatable bonds is 1. The third-order valence-corrected chi connectivity index (χ3v) is 3.23. The van der Waals surface area contributed by atoms with Crippen LogP contribution >= 0.6 is 22.6 Å². The number of hydrogen-bond donors (Lipinski definition) is 0. The van der Waals surface area contributed by atoms with Gasteiger partial charge in [-0.25, -0.2) is 0 Å². The van der Waals surface area contributed by atoms with Crippen LogP contribution < -0.4 is 0 Å². The molecule has 3 heteroatoms. The molecular formula is C7H11IO2. The summed E-state index contributed by atoms with van der Waals surface area (Å²) in [6, 6.07) is 0. The van der Waals surface area contributed by atoms with E-state index in [9.17, 15) is 0 Å². The Morgan fingerprint density at radius 3 is 3.00 bits per heavy atom. The fraction of sp³-hybridized carbons (Fsp3) is 1.00. The van der Waals surface area contributed by atoms with E-state index >= 15 is 0 Å². The van der Waals surface area contributed by atoms with Crippen molar-refractivity contribution in [2.75, 3.05) is 17.6 Å². The fourth-order valence-corrected chi connectivity index (χ4v) is 2.26. The van der Waals surface area contributed by atoms with E-state index in [-0.39, 0.29) is 0 Å². The molecule has 0 unspecified atom stereocenters. The summed E-state index contributed by atoms with van der Waals surface area (Å²) in [6.07, 6.45) is 2.16. The molecular weight excluding hydrogens is 243 g/mol. The minimum absolute atomic E-state index is 0.430. The summed E-state index contributed by atoms with van der Waals surface area (Å²) in [5, 5.41) is 0. The molecule has 2 heterocycles. The Morgan fingerprint density at radius 2 is 2.30 bits per heavy atom. The Hall–Kier alpha value is 0.650. The maximum Gasteiger partial charge on any atom is 0.0863 e. The zero-order valence-corrected chi connectivity index (χ0v) is 7.91. The molecule has 0 radical (unpaired) electrons. The van der Waals surface area contributed by atoms with Crippen molar-refractivity contribution in [1.29, 1.82) is 0 Å². The Balaban J connectivity index is 1.94. The second-order valence-corrected chi connectivity index (χ2v) is 3.86. The summed E-state index contributed by atoms with van der Waals surface area (Å²) in [5.41, 5.74) is 0. The van der Waals surface area contributed by atoms with E-state index in [0.717, 1.165) is 17.6 Å². The number of halogens is 1. The van der Waals surface area contributed by atoms with Crippen LogP contribution in [0.25, 0.3) is 0 Å². The standard InChI is InChI=1S/C7H11IO2/c8-2-6-1-5-3-9-4-7(5)10-6/h5-7H,1-4H2/t5-,6-,7+/m0/s1. The van der Waals surface area contributed by atoms with Gasteiger partial charge in [0.25, 0.3) is 0 Å². The number of ether oxygens (including phenoxy) is 2. The summed E-state index contributed by atoms with van der Waals surface area (Å²) in [6.45, 7) is 1.76. The highest BCUT2D eigenvalue weighted by Gasteiger charge is 2.38. The van der Waals surface area contributed by atoms with Crippen LogP contribution in [0, 0.1) is 5.92 Å². The van der Waals surface area contributed by atoms with Gasteiger partial charge in [0.05, 0.1) is 25.4 Å². The number of alkyl halides is 1. The lowest BCUT2D eigenvalue weighted by Gasteiger charge is -2.07. The van der Waals surface area contributed by atoms with Gasteiger partial charge in [0.15, 0.2) is 0 Å². The molecule has 0 spiro atoms. The van der Waals surface area contributed by atoms with E-state index < -0.39 is 0 Å². The average molecular weight is 254 g/mol. The summed E-state index contributed by atoms with van der Waals surface area (Å²) < 4.78 is 12.1. The minimum atomic E-state index is 0.430. The minimum Gasteiger partial charge on any atom is -0.378 e. The van der Waals surface area contributed by atoms with Crippen LogP contribution in [0.15, 0.2) is 0 Å². The molecule has 2 rings (SSSR count). The molecule has 3 atom stereocenters. The zero-order chi connectivity index (χ0) is 6.97. The summed E-state index contributed by atoms with van der Waals surface area (Å²) in [4.78, 5) is 0. The van der Waals surface area contributed by atoms with Gasteiger partial charge in [0.1, 0.15) is 0 Å². The summed E-state index contributed by atoms with van der Waals surface area (Å²) in [7, 11) is 0. The lowest BCUT2D eigenvalue weighted by molar-refractivity contribution is 0.0319. The average Bonchev–Trinajstić information content (AvgIpc) is 2.42. The molecule has 0 aromatic heterocycles. The van der Waals surface area contributed by atoms with Crippen molar-refractivity contribution >= 4 is 22.6 Å². The molecule has 0 aromatic carbocycles. The van der Waals surface area contributed by atoms with E-state index in [1.165, 1.54) is 6.42 Å². The van der Waals surface area contributed by atoms with E-state index in [1.54, 1.807) is 0 Å². The lowest BCUT2D eigenvalue weighted by Crippen LogP contribution is -2.14. The highest BCUT2D eigenvalue weighted by atomic mass is 127. The van der Waals surface area contributed by atoms with Crippen molar-refractivity contribution in [3.8, 4) is 0 Å². The monoisotopic (exact) mass is 254 g/mol. The largest absolute Gasteiger partial charge is 0.378 e. The van der Waals surface area contributed by atoms with Crippen molar-refractivity contribution in [1.82, 2.24) is 0 Å². The molecule has 2 nitrogen and oxygen atoms in total. The van der Waals surface area contributed by atoms with Crippen LogP contribution in [-0.4, -0.2) is 29.8 Å². The molecule has 58 valence electrons. The van der Waals surface area contributed by atoms with Crippen LogP contribution in [0.1, 0.15) is 6.42 Å². The number of hydrogen-bond acceptors (Lipinski definition) is 2. The van der Waals surface area contributed by atoms with E-state index in [1.807, 2.05) is 0 Å².